The lowest BCUT2D eigenvalue weighted by molar-refractivity contribution is 0.0664. The van der Waals surface area contributed by atoms with Crippen LogP contribution in [0.25, 0.3) is 5.69 Å². The number of hydrogen-bond donors (Lipinski definition) is 0. The van der Waals surface area contributed by atoms with Crippen molar-refractivity contribution in [2.45, 2.75) is 11.8 Å². The highest BCUT2D eigenvalue weighted by molar-refractivity contribution is 7.99. The minimum Gasteiger partial charge on any atom is -0.486 e. The predicted molar refractivity (Wildman–Crippen MR) is 130 cm³/mol. The Morgan fingerprint density at radius 2 is 1.47 bits per heavy atom. The molecule has 0 aliphatic carbocycles. The Balaban J connectivity index is 1.31. The van der Waals surface area contributed by atoms with Crippen molar-refractivity contribution in [3.8, 4) is 11.4 Å². The fourth-order valence-electron chi connectivity index (χ4n) is 3.67. The van der Waals surface area contributed by atoms with E-state index in [1.54, 1.807) is 48.5 Å². The van der Waals surface area contributed by atoms with E-state index in [4.69, 9.17) is 16.3 Å². The average Bonchev–Trinajstić information content (AvgIpc) is 3.38. The summed E-state index contributed by atoms with van der Waals surface area (Å²) in [5.41, 5.74) is 1.80. The summed E-state index contributed by atoms with van der Waals surface area (Å²) >= 11 is 7.37. The SMILES string of the molecule is O=C1c2ccccc2C(=O)N1CCSc1nnc(COc2ccc(Cl)cc2)n1-c1ccccc1. The molecule has 0 unspecified atom stereocenters. The van der Waals surface area contributed by atoms with E-state index in [9.17, 15) is 9.59 Å². The molecule has 0 bridgehead atoms. The zero-order valence-electron chi connectivity index (χ0n) is 17.9. The Kier molecular flexibility index (Phi) is 6.33. The summed E-state index contributed by atoms with van der Waals surface area (Å²) in [5.74, 6) is 1.26. The Hall–Kier alpha value is -3.62. The summed E-state index contributed by atoms with van der Waals surface area (Å²) in [6, 6.07) is 23.7. The second kappa shape index (κ2) is 9.70. The van der Waals surface area contributed by atoms with Crippen LogP contribution in [0, 0.1) is 0 Å². The Morgan fingerprint density at radius 3 is 2.15 bits per heavy atom. The normalized spacial score (nSPS) is 12.8. The van der Waals surface area contributed by atoms with Crippen molar-refractivity contribution in [3.05, 3.63) is 101 Å². The highest BCUT2D eigenvalue weighted by atomic mass is 35.5. The van der Waals surface area contributed by atoms with Crippen LogP contribution in [0.5, 0.6) is 5.75 Å². The number of rotatable bonds is 8. The molecule has 9 heteroatoms. The van der Waals surface area contributed by atoms with E-state index >= 15 is 0 Å². The van der Waals surface area contributed by atoms with Crippen LogP contribution in [0.3, 0.4) is 0 Å². The molecular weight excluding hydrogens is 472 g/mol. The number of carbonyl (C=O) groups excluding carboxylic acids is 2. The standard InChI is InChI=1S/C25H19ClN4O3S/c26-17-10-12-19(13-11-17)33-16-22-27-28-25(30(22)18-6-2-1-3-7-18)34-15-14-29-23(31)20-8-4-5-9-21(20)24(29)32/h1-13H,14-16H2. The molecule has 1 aromatic heterocycles. The fourth-order valence-corrected chi connectivity index (χ4v) is 4.69. The van der Waals surface area contributed by atoms with Crippen LogP contribution in [0.1, 0.15) is 26.5 Å². The molecule has 4 aromatic rings. The van der Waals surface area contributed by atoms with Gasteiger partial charge in [0.05, 0.1) is 11.1 Å². The van der Waals surface area contributed by atoms with Crippen LogP contribution < -0.4 is 4.74 Å². The molecule has 7 nitrogen and oxygen atoms in total. The maximum Gasteiger partial charge on any atom is 0.261 e. The molecule has 5 rings (SSSR count). The average molecular weight is 491 g/mol. The van der Waals surface area contributed by atoms with E-state index in [2.05, 4.69) is 10.2 Å². The third-order valence-electron chi connectivity index (χ3n) is 5.32. The van der Waals surface area contributed by atoms with Crippen molar-refractivity contribution in [3.63, 3.8) is 0 Å². The van der Waals surface area contributed by atoms with Crippen LogP contribution in [-0.4, -0.2) is 43.8 Å². The highest BCUT2D eigenvalue weighted by Gasteiger charge is 2.34. The highest BCUT2D eigenvalue weighted by Crippen LogP contribution is 2.26. The number of halogens is 1. The minimum absolute atomic E-state index is 0.211. The molecule has 2 heterocycles. The zero-order chi connectivity index (χ0) is 23.5. The van der Waals surface area contributed by atoms with Gasteiger partial charge in [-0.15, -0.1) is 10.2 Å². The Labute approximate surface area is 205 Å². The number of fused-ring (bicyclic) bond motifs is 1. The molecule has 0 N–H and O–H groups in total. The maximum absolute atomic E-state index is 12.6. The number of nitrogens with zero attached hydrogens (tertiary/aromatic N) is 4. The number of benzene rings is 3. The molecule has 0 radical (unpaired) electrons. The van der Waals surface area contributed by atoms with Crippen LogP contribution in [0.4, 0.5) is 0 Å². The summed E-state index contributed by atoms with van der Waals surface area (Å²) in [7, 11) is 0. The smallest absolute Gasteiger partial charge is 0.261 e. The van der Waals surface area contributed by atoms with Gasteiger partial charge in [-0.1, -0.05) is 53.7 Å². The van der Waals surface area contributed by atoms with Gasteiger partial charge in [0.15, 0.2) is 11.0 Å². The van der Waals surface area contributed by atoms with Crippen LogP contribution in [0.15, 0.2) is 84.0 Å². The van der Waals surface area contributed by atoms with Gasteiger partial charge in [-0.3, -0.25) is 19.1 Å². The zero-order valence-corrected chi connectivity index (χ0v) is 19.5. The summed E-state index contributed by atoms with van der Waals surface area (Å²) in [4.78, 5) is 26.5. The largest absolute Gasteiger partial charge is 0.486 e. The Bertz CT molecular complexity index is 1310. The lowest BCUT2D eigenvalue weighted by Crippen LogP contribution is -2.31. The van der Waals surface area contributed by atoms with Gasteiger partial charge in [0.1, 0.15) is 12.4 Å². The van der Waals surface area contributed by atoms with E-state index < -0.39 is 0 Å². The van der Waals surface area contributed by atoms with Crippen molar-refractivity contribution in [1.82, 2.24) is 19.7 Å². The van der Waals surface area contributed by atoms with Gasteiger partial charge >= 0.3 is 0 Å². The van der Waals surface area contributed by atoms with Gasteiger partial charge in [0, 0.05) is 23.0 Å². The van der Waals surface area contributed by atoms with Gasteiger partial charge in [-0.25, -0.2) is 0 Å². The first-order chi connectivity index (χ1) is 16.6. The van der Waals surface area contributed by atoms with Crippen molar-refractivity contribution >= 4 is 35.2 Å². The number of imide groups is 1. The van der Waals surface area contributed by atoms with E-state index in [-0.39, 0.29) is 25.0 Å². The molecule has 0 fully saturated rings. The molecule has 0 saturated heterocycles. The first kappa shape index (κ1) is 22.2. The van der Waals surface area contributed by atoms with Crippen LogP contribution in [0.2, 0.25) is 5.02 Å². The second-order valence-electron chi connectivity index (χ2n) is 7.47. The summed E-state index contributed by atoms with van der Waals surface area (Å²) < 4.78 is 7.80. The predicted octanol–water partition coefficient (Wildman–Crippen LogP) is 4.89. The molecule has 0 saturated carbocycles. The van der Waals surface area contributed by atoms with Crippen molar-refractivity contribution in [1.29, 1.82) is 0 Å². The molecule has 3 aromatic carbocycles. The Morgan fingerprint density at radius 1 is 0.824 bits per heavy atom. The lowest BCUT2D eigenvalue weighted by Gasteiger charge is -2.14. The van der Waals surface area contributed by atoms with E-state index in [1.807, 2.05) is 34.9 Å². The number of hydrogen-bond acceptors (Lipinski definition) is 6. The topological polar surface area (TPSA) is 77.3 Å². The van der Waals surface area contributed by atoms with Crippen molar-refractivity contribution < 1.29 is 14.3 Å². The fraction of sp³-hybridized carbons (Fsp3) is 0.120. The quantitative estimate of drug-likeness (QED) is 0.258. The number of para-hydroxylation sites is 1. The molecule has 34 heavy (non-hydrogen) atoms. The number of ether oxygens (including phenoxy) is 1. The van der Waals surface area contributed by atoms with E-state index in [0.29, 0.717) is 38.6 Å². The number of carbonyl (C=O) groups is 2. The molecule has 0 spiro atoms. The summed E-state index contributed by atoms with van der Waals surface area (Å²) in [6.45, 7) is 0.484. The number of amides is 2. The van der Waals surface area contributed by atoms with Crippen molar-refractivity contribution in [2.75, 3.05) is 12.3 Å². The van der Waals surface area contributed by atoms with Crippen molar-refractivity contribution in [2.24, 2.45) is 0 Å². The third-order valence-corrected chi connectivity index (χ3v) is 6.48. The third kappa shape index (κ3) is 4.42. The van der Waals surface area contributed by atoms with E-state index in [1.165, 1.54) is 16.7 Å². The minimum atomic E-state index is -0.261. The first-order valence-corrected chi connectivity index (χ1v) is 11.9. The molecule has 1 aliphatic heterocycles. The monoisotopic (exact) mass is 490 g/mol. The van der Waals surface area contributed by atoms with Gasteiger partial charge in [0.25, 0.3) is 11.8 Å². The van der Waals surface area contributed by atoms with Crippen LogP contribution in [-0.2, 0) is 6.61 Å². The molecule has 2 amide bonds. The molecule has 170 valence electrons. The molecule has 1 aliphatic rings. The number of thioether (sulfide) groups is 1. The van der Waals surface area contributed by atoms with E-state index in [0.717, 1.165) is 5.69 Å². The summed E-state index contributed by atoms with van der Waals surface area (Å²) in [6.07, 6.45) is 0. The molecular formula is C25H19ClN4O3S. The first-order valence-electron chi connectivity index (χ1n) is 10.6. The van der Waals surface area contributed by atoms with Gasteiger partial charge in [-0.05, 0) is 48.5 Å². The summed E-state index contributed by atoms with van der Waals surface area (Å²) in [5, 5.41) is 9.96. The molecule has 0 atom stereocenters. The van der Waals surface area contributed by atoms with Gasteiger partial charge < -0.3 is 4.74 Å². The maximum atomic E-state index is 12.6. The number of aromatic nitrogens is 3. The second-order valence-corrected chi connectivity index (χ2v) is 8.97. The van der Waals surface area contributed by atoms with Crippen LogP contribution >= 0.6 is 23.4 Å². The van der Waals surface area contributed by atoms with Gasteiger partial charge in [-0.2, -0.15) is 0 Å². The lowest BCUT2D eigenvalue weighted by atomic mass is 10.1. The van der Waals surface area contributed by atoms with Gasteiger partial charge in [0.2, 0.25) is 0 Å².